The summed E-state index contributed by atoms with van der Waals surface area (Å²) in [7, 11) is 0. The summed E-state index contributed by atoms with van der Waals surface area (Å²) in [6, 6.07) is 0.437. The summed E-state index contributed by atoms with van der Waals surface area (Å²) >= 11 is 0. The quantitative estimate of drug-likeness (QED) is 0.803. The summed E-state index contributed by atoms with van der Waals surface area (Å²) in [5.41, 5.74) is -0.397. The Kier molecular flexibility index (Phi) is 4.59. The maximum Gasteiger partial charge on any atom is 0.410 e. The van der Waals surface area contributed by atoms with Gasteiger partial charge in [0.15, 0.2) is 0 Å². The van der Waals surface area contributed by atoms with Crippen LogP contribution in [0.15, 0.2) is 0 Å². The van der Waals surface area contributed by atoms with Crippen molar-refractivity contribution in [2.45, 2.75) is 52.2 Å². The highest BCUT2D eigenvalue weighted by molar-refractivity contribution is 5.68. The zero-order valence-corrected chi connectivity index (χ0v) is 10.9. The van der Waals surface area contributed by atoms with E-state index < -0.39 is 5.60 Å². The maximum absolute atomic E-state index is 11.8. The van der Waals surface area contributed by atoms with Crippen molar-refractivity contribution in [3.63, 3.8) is 0 Å². The van der Waals surface area contributed by atoms with Crippen molar-refractivity contribution in [2.24, 2.45) is 0 Å². The van der Waals surface area contributed by atoms with Crippen LogP contribution in [-0.2, 0) is 4.74 Å². The van der Waals surface area contributed by atoms with E-state index in [4.69, 9.17) is 4.74 Å². The third-order valence-electron chi connectivity index (χ3n) is 2.52. The molecule has 0 spiro atoms. The lowest BCUT2D eigenvalue weighted by Crippen LogP contribution is -2.38. The van der Waals surface area contributed by atoms with Crippen LogP contribution in [0.3, 0.4) is 0 Å². The molecule has 1 aliphatic heterocycles. The van der Waals surface area contributed by atoms with Crippen LogP contribution >= 0.6 is 0 Å². The van der Waals surface area contributed by atoms with Gasteiger partial charge in [0.1, 0.15) is 5.60 Å². The molecule has 0 unspecified atom stereocenters. The van der Waals surface area contributed by atoms with Gasteiger partial charge >= 0.3 is 6.09 Å². The second-order valence-electron chi connectivity index (χ2n) is 5.37. The number of hydrogen-bond donors (Lipinski definition) is 1. The van der Waals surface area contributed by atoms with Gasteiger partial charge in [-0.05, 0) is 40.2 Å². The van der Waals surface area contributed by atoms with Gasteiger partial charge in [0.05, 0.1) is 0 Å². The second kappa shape index (κ2) is 5.53. The molecular formula is C12H24N2O2. The molecule has 0 aromatic heterocycles. The number of hydrogen-bond acceptors (Lipinski definition) is 3. The van der Waals surface area contributed by atoms with E-state index in [9.17, 15) is 4.79 Å². The van der Waals surface area contributed by atoms with Crippen LogP contribution in [-0.4, -0.2) is 42.3 Å². The van der Waals surface area contributed by atoms with Crippen molar-refractivity contribution in [3.8, 4) is 0 Å². The van der Waals surface area contributed by atoms with E-state index in [2.05, 4.69) is 12.2 Å². The summed E-state index contributed by atoms with van der Waals surface area (Å²) in [6.45, 7) is 10.4. The van der Waals surface area contributed by atoms with E-state index in [1.165, 1.54) is 0 Å². The standard InChI is InChI=1S/C12H24N2O2/c1-5-7-13-10-6-8-14(9-10)11(15)16-12(2,3)4/h10,13H,5-9H2,1-4H3/t10-/m1/s1. The van der Waals surface area contributed by atoms with E-state index in [-0.39, 0.29) is 6.09 Å². The molecule has 0 saturated carbocycles. The zero-order chi connectivity index (χ0) is 12.2. The predicted molar refractivity (Wildman–Crippen MR) is 64.5 cm³/mol. The van der Waals surface area contributed by atoms with Gasteiger partial charge in [-0.25, -0.2) is 4.79 Å². The normalized spacial score (nSPS) is 21.2. The van der Waals surface area contributed by atoms with Crippen LogP contribution in [0.25, 0.3) is 0 Å². The fraction of sp³-hybridized carbons (Fsp3) is 0.917. The molecule has 4 heteroatoms. The molecule has 94 valence electrons. The van der Waals surface area contributed by atoms with Crippen LogP contribution in [0.4, 0.5) is 4.79 Å². The second-order valence-corrected chi connectivity index (χ2v) is 5.37. The van der Waals surface area contributed by atoms with Gasteiger partial charge in [-0.3, -0.25) is 0 Å². The van der Waals surface area contributed by atoms with E-state index in [0.29, 0.717) is 6.04 Å². The van der Waals surface area contributed by atoms with Gasteiger partial charge < -0.3 is 15.0 Å². The zero-order valence-electron chi connectivity index (χ0n) is 10.9. The van der Waals surface area contributed by atoms with Crippen LogP contribution in [0.5, 0.6) is 0 Å². The summed E-state index contributed by atoms with van der Waals surface area (Å²) in [5, 5.41) is 3.43. The topological polar surface area (TPSA) is 41.6 Å². The predicted octanol–water partition coefficient (Wildman–Crippen LogP) is 2.00. The Bertz CT molecular complexity index is 236. The third-order valence-corrected chi connectivity index (χ3v) is 2.52. The molecule has 0 aromatic rings. The van der Waals surface area contributed by atoms with Crippen molar-refractivity contribution in [3.05, 3.63) is 0 Å². The van der Waals surface area contributed by atoms with Crippen molar-refractivity contribution in [1.82, 2.24) is 10.2 Å². The third kappa shape index (κ3) is 4.39. The maximum atomic E-state index is 11.8. The highest BCUT2D eigenvalue weighted by atomic mass is 16.6. The number of nitrogens with zero attached hydrogens (tertiary/aromatic N) is 1. The molecule has 0 bridgehead atoms. The number of carbonyl (C=O) groups excluding carboxylic acids is 1. The smallest absolute Gasteiger partial charge is 0.410 e. The molecule has 1 saturated heterocycles. The molecule has 1 amide bonds. The minimum atomic E-state index is -0.397. The van der Waals surface area contributed by atoms with Crippen LogP contribution in [0.1, 0.15) is 40.5 Å². The van der Waals surface area contributed by atoms with Gasteiger partial charge in [0.2, 0.25) is 0 Å². The van der Waals surface area contributed by atoms with Crippen molar-refractivity contribution in [2.75, 3.05) is 19.6 Å². The average Bonchev–Trinajstić information content (AvgIpc) is 2.60. The van der Waals surface area contributed by atoms with Gasteiger partial charge in [-0.15, -0.1) is 0 Å². The molecule has 1 aliphatic rings. The highest BCUT2D eigenvalue weighted by Crippen LogP contribution is 2.15. The first-order valence-corrected chi connectivity index (χ1v) is 6.13. The largest absolute Gasteiger partial charge is 0.444 e. The molecule has 0 radical (unpaired) electrons. The monoisotopic (exact) mass is 228 g/mol. The first kappa shape index (κ1) is 13.3. The summed E-state index contributed by atoms with van der Waals surface area (Å²) in [6.07, 6.45) is 1.97. The Hall–Kier alpha value is -0.770. The molecule has 0 aromatic carbocycles. The fourth-order valence-electron chi connectivity index (χ4n) is 1.77. The average molecular weight is 228 g/mol. The number of likely N-dealkylation sites (tertiary alicyclic amines) is 1. The lowest BCUT2D eigenvalue weighted by atomic mass is 10.2. The molecule has 1 fully saturated rings. The summed E-state index contributed by atoms with van der Waals surface area (Å²) < 4.78 is 5.33. The molecule has 0 aliphatic carbocycles. The molecule has 1 heterocycles. The number of nitrogens with one attached hydrogen (secondary N) is 1. The Labute approximate surface area is 98.3 Å². The van der Waals surface area contributed by atoms with Gasteiger partial charge in [-0.1, -0.05) is 6.92 Å². The molecule has 1 N–H and O–H groups in total. The van der Waals surface area contributed by atoms with Gasteiger partial charge in [-0.2, -0.15) is 0 Å². The Morgan fingerprint density at radius 2 is 2.19 bits per heavy atom. The summed E-state index contributed by atoms with van der Waals surface area (Å²) in [4.78, 5) is 13.5. The van der Waals surface area contributed by atoms with Gasteiger partial charge in [0, 0.05) is 19.1 Å². The first-order chi connectivity index (χ1) is 7.42. The Morgan fingerprint density at radius 1 is 1.50 bits per heavy atom. The van der Waals surface area contributed by atoms with Crippen molar-refractivity contribution < 1.29 is 9.53 Å². The van der Waals surface area contributed by atoms with Crippen LogP contribution in [0.2, 0.25) is 0 Å². The Balaban J connectivity index is 2.32. The minimum Gasteiger partial charge on any atom is -0.444 e. The van der Waals surface area contributed by atoms with E-state index in [1.54, 1.807) is 4.90 Å². The lowest BCUT2D eigenvalue weighted by molar-refractivity contribution is 0.0291. The number of carbonyl (C=O) groups is 1. The SMILES string of the molecule is CCCN[C@@H]1CCN(C(=O)OC(C)(C)C)C1. The number of ether oxygens (including phenoxy) is 1. The van der Waals surface area contributed by atoms with Crippen molar-refractivity contribution >= 4 is 6.09 Å². The fourth-order valence-corrected chi connectivity index (χ4v) is 1.77. The van der Waals surface area contributed by atoms with E-state index in [1.807, 2.05) is 20.8 Å². The van der Waals surface area contributed by atoms with Gasteiger partial charge in [0.25, 0.3) is 0 Å². The molecular weight excluding hydrogens is 204 g/mol. The molecule has 1 atom stereocenters. The Morgan fingerprint density at radius 3 is 2.75 bits per heavy atom. The van der Waals surface area contributed by atoms with Crippen molar-refractivity contribution in [1.29, 1.82) is 0 Å². The highest BCUT2D eigenvalue weighted by Gasteiger charge is 2.29. The van der Waals surface area contributed by atoms with E-state index in [0.717, 1.165) is 32.5 Å². The number of amides is 1. The summed E-state index contributed by atoms with van der Waals surface area (Å²) in [5.74, 6) is 0. The molecule has 1 rings (SSSR count). The first-order valence-electron chi connectivity index (χ1n) is 6.13. The minimum absolute atomic E-state index is 0.187. The lowest BCUT2D eigenvalue weighted by Gasteiger charge is -2.24. The van der Waals surface area contributed by atoms with Crippen LogP contribution < -0.4 is 5.32 Å². The number of rotatable bonds is 3. The van der Waals surface area contributed by atoms with Crippen LogP contribution in [0, 0.1) is 0 Å². The molecule has 16 heavy (non-hydrogen) atoms. The molecule has 4 nitrogen and oxygen atoms in total. The van der Waals surface area contributed by atoms with E-state index >= 15 is 0 Å².